The highest BCUT2D eigenvalue weighted by Gasteiger charge is 2.26. The lowest BCUT2D eigenvalue weighted by Gasteiger charge is -2.34. The number of thiophene rings is 1. The summed E-state index contributed by atoms with van der Waals surface area (Å²) in [5.41, 5.74) is 2.45. The molecule has 1 aliphatic rings. The van der Waals surface area contributed by atoms with Crippen molar-refractivity contribution in [2.45, 2.75) is 6.42 Å². The lowest BCUT2D eigenvalue weighted by molar-refractivity contribution is -0.131. The number of benzene rings is 1. The topological polar surface area (TPSA) is 62.7 Å². The summed E-state index contributed by atoms with van der Waals surface area (Å²) in [6.07, 6.45) is 0.335. The van der Waals surface area contributed by atoms with E-state index in [2.05, 4.69) is 4.98 Å². The maximum atomic E-state index is 12.8. The lowest BCUT2D eigenvalue weighted by atomic mass is 10.1. The summed E-state index contributed by atoms with van der Waals surface area (Å²) in [7, 11) is 1.61. The largest absolute Gasteiger partial charge is 0.497 e. The van der Waals surface area contributed by atoms with Gasteiger partial charge in [0, 0.05) is 42.5 Å². The predicted molar refractivity (Wildman–Crippen MR) is 115 cm³/mol. The Kier molecular flexibility index (Phi) is 5.92. The van der Waals surface area contributed by atoms with Gasteiger partial charge in [0.15, 0.2) is 0 Å². The third-order valence-electron chi connectivity index (χ3n) is 4.90. The molecule has 1 aromatic carbocycles. The first kappa shape index (κ1) is 19.6. The molecule has 3 heterocycles. The molecule has 1 aliphatic heterocycles. The molecule has 0 N–H and O–H groups in total. The van der Waals surface area contributed by atoms with Gasteiger partial charge in [0.1, 0.15) is 16.5 Å². The maximum Gasteiger partial charge on any atom is 0.273 e. The van der Waals surface area contributed by atoms with Crippen LogP contribution in [0.25, 0.3) is 10.6 Å². The molecule has 150 valence electrons. The van der Waals surface area contributed by atoms with Crippen LogP contribution < -0.4 is 4.74 Å². The fourth-order valence-corrected chi connectivity index (χ4v) is 4.79. The van der Waals surface area contributed by atoms with Crippen LogP contribution in [0.1, 0.15) is 16.1 Å². The number of nitrogens with zero attached hydrogens (tertiary/aromatic N) is 3. The minimum atomic E-state index is -0.0670. The Balaban J connectivity index is 1.33. The smallest absolute Gasteiger partial charge is 0.273 e. The van der Waals surface area contributed by atoms with E-state index in [1.165, 1.54) is 11.3 Å². The molecular weight excluding hydrogens is 406 g/mol. The molecule has 0 atom stereocenters. The number of thiazole rings is 1. The highest BCUT2D eigenvalue weighted by molar-refractivity contribution is 7.14. The van der Waals surface area contributed by atoms with E-state index in [1.807, 2.05) is 51.4 Å². The van der Waals surface area contributed by atoms with E-state index in [1.54, 1.807) is 23.3 Å². The van der Waals surface area contributed by atoms with Gasteiger partial charge in [-0.1, -0.05) is 12.1 Å². The van der Waals surface area contributed by atoms with Crippen LogP contribution in [0.4, 0.5) is 0 Å². The predicted octanol–water partition coefficient (Wildman–Crippen LogP) is 3.41. The molecule has 3 aromatic rings. The Labute approximate surface area is 177 Å². The highest BCUT2D eigenvalue weighted by atomic mass is 32.1. The first-order valence-electron chi connectivity index (χ1n) is 9.32. The Bertz CT molecular complexity index is 992. The molecule has 29 heavy (non-hydrogen) atoms. The number of amides is 2. The van der Waals surface area contributed by atoms with Crippen molar-refractivity contribution in [2.75, 3.05) is 33.3 Å². The van der Waals surface area contributed by atoms with Crippen molar-refractivity contribution in [1.29, 1.82) is 0 Å². The van der Waals surface area contributed by atoms with Crippen molar-refractivity contribution in [3.63, 3.8) is 0 Å². The van der Waals surface area contributed by atoms with Crippen molar-refractivity contribution in [1.82, 2.24) is 14.8 Å². The Morgan fingerprint density at radius 1 is 1.10 bits per heavy atom. The number of rotatable bonds is 5. The molecule has 1 saturated heterocycles. The molecule has 8 heteroatoms. The average Bonchev–Trinajstić information content (AvgIpc) is 3.45. The summed E-state index contributed by atoms with van der Waals surface area (Å²) in [6.45, 7) is 2.12. The van der Waals surface area contributed by atoms with Crippen LogP contribution in [0.2, 0.25) is 0 Å². The van der Waals surface area contributed by atoms with Gasteiger partial charge in [0.25, 0.3) is 5.91 Å². The average molecular weight is 428 g/mol. The minimum absolute atomic E-state index is 0.0670. The molecule has 6 nitrogen and oxygen atoms in total. The summed E-state index contributed by atoms with van der Waals surface area (Å²) in [4.78, 5) is 33.5. The molecule has 0 spiro atoms. The zero-order chi connectivity index (χ0) is 20.2. The van der Waals surface area contributed by atoms with E-state index in [9.17, 15) is 9.59 Å². The molecule has 0 saturated carbocycles. The first-order chi connectivity index (χ1) is 14.1. The number of carbonyl (C=O) groups excluding carboxylic acids is 2. The van der Waals surface area contributed by atoms with E-state index >= 15 is 0 Å². The summed E-state index contributed by atoms with van der Waals surface area (Å²) < 4.78 is 5.22. The van der Waals surface area contributed by atoms with E-state index in [4.69, 9.17) is 4.74 Å². The monoisotopic (exact) mass is 427 g/mol. The van der Waals surface area contributed by atoms with E-state index in [0.717, 1.165) is 21.9 Å². The van der Waals surface area contributed by atoms with E-state index in [-0.39, 0.29) is 11.8 Å². The molecule has 0 unspecified atom stereocenters. The number of ether oxygens (including phenoxy) is 1. The number of hydrogen-bond acceptors (Lipinski definition) is 6. The third kappa shape index (κ3) is 4.49. The Morgan fingerprint density at radius 2 is 1.90 bits per heavy atom. The second kappa shape index (κ2) is 8.75. The standard InChI is InChI=1S/C21H21N3O3S2/c1-27-17-4-2-3-15(11-17)12-19(25)23-6-8-24(9-7-23)21(26)18-14-29-20(22-18)16-5-10-28-13-16/h2-5,10-11,13-14H,6-9,12H2,1H3. The van der Waals surface area contributed by atoms with Crippen molar-refractivity contribution in [3.8, 4) is 16.3 Å². The quantitative estimate of drug-likeness (QED) is 0.626. The first-order valence-corrected chi connectivity index (χ1v) is 11.1. The molecule has 2 aromatic heterocycles. The fourth-order valence-electron chi connectivity index (χ4n) is 3.28. The van der Waals surface area contributed by atoms with Crippen LogP contribution in [0.3, 0.4) is 0 Å². The summed E-state index contributed by atoms with van der Waals surface area (Å²) in [5, 5.41) is 6.71. The van der Waals surface area contributed by atoms with Crippen molar-refractivity contribution in [3.05, 3.63) is 57.7 Å². The zero-order valence-electron chi connectivity index (χ0n) is 16.0. The van der Waals surface area contributed by atoms with Gasteiger partial charge in [0.2, 0.25) is 5.91 Å². The number of piperazine rings is 1. The van der Waals surface area contributed by atoms with Gasteiger partial charge < -0.3 is 14.5 Å². The number of hydrogen-bond donors (Lipinski definition) is 0. The highest BCUT2D eigenvalue weighted by Crippen LogP contribution is 2.26. The summed E-state index contributed by atoms with van der Waals surface area (Å²) >= 11 is 3.09. The van der Waals surface area contributed by atoms with Gasteiger partial charge in [-0.25, -0.2) is 4.98 Å². The molecule has 2 amide bonds. The molecular formula is C21H21N3O3S2. The van der Waals surface area contributed by atoms with Crippen LogP contribution in [0.5, 0.6) is 5.75 Å². The molecule has 0 aliphatic carbocycles. The van der Waals surface area contributed by atoms with Gasteiger partial charge in [-0.15, -0.1) is 11.3 Å². The number of methoxy groups -OCH3 is 1. The van der Waals surface area contributed by atoms with Crippen LogP contribution >= 0.6 is 22.7 Å². The lowest BCUT2D eigenvalue weighted by Crippen LogP contribution is -2.51. The van der Waals surface area contributed by atoms with Crippen LogP contribution in [-0.4, -0.2) is 59.9 Å². The zero-order valence-corrected chi connectivity index (χ0v) is 17.7. The van der Waals surface area contributed by atoms with Gasteiger partial charge in [0.05, 0.1) is 13.5 Å². The fraction of sp³-hybridized carbons (Fsp3) is 0.286. The van der Waals surface area contributed by atoms with E-state index in [0.29, 0.717) is 38.3 Å². The SMILES string of the molecule is COc1cccc(CC(=O)N2CCN(C(=O)c3csc(-c4ccsc4)n3)CC2)c1. The second-order valence-electron chi connectivity index (χ2n) is 6.75. The minimum Gasteiger partial charge on any atom is -0.497 e. The molecule has 4 rings (SSSR count). The van der Waals surface area contributed by atoms with Gasteiger partial charge in [-0.2, -0.15) is 11.3 Å². The number of aromatic nitrogens is 1. The van der Waals surface area contributed by atoms with Gasteiger partial charge in [-0.3, -0.25) is 9.59 Å². The van der Waals surface area contributed by atoms with Gasteiger partial charge >= 0.3 is 0 Å². The van der Waals surface area contributed by atoms with Crippen molar-refractivity contribution < 1.29 is 14.3 Å². The maximum absolute atomic E-state index is 12.8. The second-order valence-corrected chi connectivity index (χ2v) is 8.39. The third-order valence-corrected chi connectivity index (χ3v) is 6.48. The van der Waals surface area contributed by atoms with E-state index < -0.39 is 0 Å². The number of carbonyl (C=O) groups is 2. The summed E-state index contributed by atoms with van der Waals surface area (Å²) in [5.74, 6) is 0.747. The normalized spacial score (nSPS) is 14.1. The molecule has 0 bridgehead atoms. The van der Waals surface area contributed by atoms with Crippen LogP contribution in [-0.2, 0) is 11.2 Å². The summed E-state index contributed by atoms with van der Waals surface area (Å²) in [6, 6.07) is 9.56. The molecule has 0 radical (unpaired) electrons. The Morgan fingerprint density at radius 3 is 2.62 bits per heavy atom. The van der Waals surface area contributed by atoms with Crippen LogP contribution in [0.15, 0.2) is 46.5 Å². The van der Waals surface area contributed by atoms with Gasteiger partial charge in [-0.05, 0) is 29.1 Å². The van der Waals surface area contributed by atoms with Crippen molar-refractivity contribution >= 4 is 34.5 Å². The molecule has 1 fully saturated rings. The van der Waals surface area contributed by atoms with Crippen molar-refractivity contribution in [2.24, 2.45) is 0 Å². The van der Waals surface area contributed by atoms with Crippen LogP contribution in [0, 0.1) is 0 Å². The Hall–Kier alpha value is -2.71.